The van der Waals surface area contributed by atoms with Gasteiger partial charge in [-0.05, 0) is 122 Å². The molecule has 0 saturated carbocycles. The number of hydrogen-bond acceptors (Lipinski definition) is 6. The number of rotatable bonds is 64. The number of carbonyl (C=O) groups is 3. The normalized spacial score (nSPS) is 12.7. The van der Waals surface area contributed by atoms with E-state index >= 15 is 0 Å². The van der Waals surface area contributed by atoms with Gasteiger partial charge in [0, 0.05) is 19.3 Å². The number of hydrogen-bond donors (Lipinski definition) is 0. The molecule has 0 aromatic rings. The Labute approximate surface area is 508 Å². The van der Waals surface area contributed by atoms with E-state index in [-0.39, 0.29) is 31.1 Å². The molecule has 0 radical (unpaired) electrons. The lowest BCUT2D eigenvalue weighted by molar-refractivity contribution is -0.167. The minimum Gasteiger partial charge on any atom is -0.462 e. The molecule has 0 aliphatic carbocycles. The third kappa shape index (κ3) is 67.1. The van der Waals surface area contributed by atoms with E-state index in [1.54, 1.807) is 0 Å². The molecule has 472 valence electrons. The summed E-state index contributed by atoms with van der Waals surface area (Å²) < 4.78 is 17.0. The summed E-state index contributed by atoms with van der Waals surface area (Å²) >= 11 is 0. The molecule has 0 fully saturated rings. The molecule has 0 aromatic heterocycles. The van der Waals surface area contributed by atoms with Crippen LogP contribution in [-0.4, -0.2) is 37.2 Å². The Bertz CT molecular complexity index is 1590. The summed E-state index contributed by atoms with van der Waals surface area (Å²) in [4.78, 5) is 38.5. The number of unbranched alkanes of at least 4 members (excludes halogenated alkanes) is 37. The van der Waals surface area contributed by atoms with Crippen molar-refractivity contribution in [1.29, 1.82) is 0 Å². The molecule has 6 heteroatoms. The van der Waals surface area contributed by atoms with Crippen LogP contribution >= 0.6 is 0 Å². The average molecular weight is 1140 g/mol. The third-order valence-corrected chi connectivity index (χ3v) is 15.3. The second-order valence-electron chi connectivity index (χ2n) is 23.4. The van der Waals surface area contributed by atoms with Gasteiger partial charge in [-0.2, -0.15) is 0 Å². The maximum Gasteiger partial charge on any atom is 0.306 e. The van der Waals surface area contributed by atoms with Gasteiger partial charge in [-0.3, -0.25) is 14.4 Å². The zero-order chi connectivity index (χ0) is 59.2. The van der Waals surface area contributed by atoms with Crippen molar-refractivity contribution in [2.75, 3.05) is 13.2 Å². The van der Waals surface area contributed by atoms with Crippen molar-refractivity contribution >= 4 is 17.9 Å². The Morgan fingerprint density at radius 3 is 0.756 bits per heavy atom. The van der Waals surface area contributed by atoms with Crippen LogP contribution in [0.25, 0.3) is 0 Å². The second-order valence-corrected chi connectivity index (χ2v) is 23.4. The van der Waals surface area contributed by atoms with Gasteiger partial charge in [-0.1, -0.05) is 304 Å². The van der Waals surface area contributed by atoms with Gasteiger partial charge in [-0.25, -0.2) is 0 Å². The first-order valence-electron chi connectivity index (χ1n) is 35.2. The van der Waals surface area contributed by atoms with Crippen LogP contribution in [0.4, 0.5) is 0 Å². The molecule has 0 spiro atoms. The minimum absolute atomic E-state index is 0.0803. The van der Waals surface area contributed by atoms with Gasteiger partial charge in [0.05, 0.1) is 0 Å². The molecule has 0 rings (SSSR count). The van der Waals surface area contributed by atoms with Gasteiger partial charge in [0.15, 0.2) is 6.10 Å². The van der Waals surface area contributed by atoms with Crippen LogP contribution in [0.2, 0.25) is 0 Å². The van der Waals surface area contributed by atoms with Crippen molar-refractivity contribution < 1.29 is 28.6 Å². The minimum atomic E-state index is -0.785. The highest BCUT2D eigenvalue weighted by Gasteiger charge is 2.19. The van der Waals surface area contributed by atoms with E-state index in [1.807, 2.05) is 0 Å². The fraction of sp³-hybridized carbons (Fsp3) is 0.750. The van der Waals surface area contributed by atoms with Crippen LogP contribution in [0.5, 0.6) is 0 Å². The Balaban J connectivity index is 4.33. The number of ether oxygens (including phenoxy) is 3. The number of carbonyl (C=O) groups excluding carboxylic acids is 3. The van der Waals surface area contributed by atoms with Crippen molar-refractivity contribution in [3.63, 3.8) is 0 Å². The summed E-state index contributed by atoms with van der Waals surface area (Å²) in [7, 11) is 0. The fourth-order valence-corrected chi connectivity index (χ4v) is 10.0. The molecular weight excluding hydrogens is 1010 g/mol. The Morgan fingerprint density at radius 2 is 0.476 bits per heavy atom. The van der Waals surface area contributed by atoms with Crippen LogP contribution in [-0.2, 0) is 28.6 Å². The molecule has 1 unspecified atom stereocenters. The molecule has 0 aliphatic rings. The molecule has 0 amide bonds. The maximum atomic E-state index is 13.0. The molecular formula is C76H132O6. The van der Waals surface area contributed by atoms with Crippen LogP contribution in [0.1, 0.15) is 348 Å². The Hall–Kier alpha value is -3.67. The molecule has 0 aliphatic heterocycles. The zero-order valence-electron chi connectivity index (χ0n) is 54.2. The lowest BCUT2D eigenvalue weighted by Gasteiger charge is -2.18. The lowest BCUT2D eigenvalue weighted by Crippen LogP contribution is -2.30. The highest BCUT2D eigenvalue weighted by atomic mass is 16.6. The second kappa shape index (κ2) is 69.8. The van der Waals surface area contributed by atoms with Gasteiger partial charge in [0.25, 0.3) is 0 Å². The summed E-state index contributed by atoms with van der Waals surface area (Å²) in [6.07, 6.45) is 94.2. The molecule has 82 heavy (non-hydrogen) atoms. The van der Waals surface area contributed by atoms with Gasteiger partial charge in [-0.15, -0.1) is 0 Å². The van der Waals surface area contributed by atoms with Gasteiger partial charge < -0.3 is 14.2 Å². The van der Waals surface area contributed by atoms with Crippen molar-refractivity contribution in [2.45, 2.75) is 354 Å². The van der Waals surface area contributed by atoms with Crippen molar-refractivity contribution in [2.24, 2.45) is 0 Å². The zero-order valence-corrected chi connectivity index (χ0v) is 54.2. The monoisotopic (exact) mass is 1140 g/mol. The van der Waals surface area contributed by atoms with Gasteiger partial charge >= 0.3 is 17.9 Å². The Kier molecular flexibility index (Phi) is 66.7. The first-order valence-corrected chi connectivity index (χ1v) is 35.2. The average Bonchev–Trinajstić information content (AvgIpc) is 3.47. The topological polar surface area (TPSA) is 78.9 Å². The molecule has 1 atom stereocenters. The van der Waals surface area contributed by atoms with E-state index in [9.17, 15) is 14.4 Å². The predicted molar refractivity (Wildman–Crippen MR) is 357 cm³/mol. The highest BCUT2D eigenvalue weighted by Crippen LogP contribution is 2.17. The van der Waals surface area contributed by atoms with Crippen LogP contribution in [0, 0.1) is 0 Å². The number of esters is 3. The summed E-state index contributed by atoms with van der Waals surface area (Å²) in [6, 6.07) is 0. The standard InChI is InChI=1S/C76H132O6/c1-4-7-10-13-16-19-22-25-28-31-33-34-35-36-37-38-39-40-41-42-43-46-48-51-54-57-60-63-66-69-75(78)81-72-73(71-80-74(77)68-65-62-59-56-53-50-47-44-30-27-24-21-18-15-12-9-6-3)82-76(79)70-67-64-61-58-55-52-49-45-32-29-26-23-20-17-14-11-8-5-2/h7,10,16,19,25,27-30,32-34,36-37,39-40,73H,4-6,8-9,11-15,17-18,20-24,26,31,35,38,41-72H2,1-3H3/b10-7-,19-16-,28-25-,30-27-,32-29-,34-33-,37-36-,40-39-. The molecule has 0 bridgehead atoms. The third-order valence-electron chi connectivity index (χ3n) is 15.3. The van der Waals surface area contributed by atoms with Gasteiger partial charge in [0.1, 0.15) is 13.2 Å². The van der Waals surface area contributed by atoms with Crippen LogP contribution < -0.4 is 0 Å². The summed E-state index contributed by atoms with van der Waals surface area (Å²) in [5.41, 5.74) is 0. The lowest BCUT2D eigenvalue weighted by atomic mass is 10.1. The van der Waals surface area contributed by atoms with E-state index in [0.29, 0.717) is 19.3 Å². The van der Waals surface area contributed by atoms with E-state index in [4.69, 9.17) is 14.2 Å². The van der Waals surface area contributed by atoms with Crippen molar-refractivity contribution in [1.82, 2.24) is 0 Å². The van der Waals surface area contributed by atoms with Crippen LogP contribution in [0.3, 0.4) is 0 Å². The molecule has 0 N–H and O–H groups in total. The van der Waals surface area contributed by atoms with E-state index in [1.165, 1.54) is 212 Å². The van der Waals surface area contributed by atoms with Crippen LogP contribution in [0.15, 0.2) is 97.2 Å². The fourth-order valence-electron chi connectivity index (χ4n) is 10.0. The summed E-state index contributed by atoms with van der Waals surface area (Å²) in [5.74, 6) is -0.877. The number of allylic oxidation sites excluding steroid dienone is 16. The van der Waals surface area contributed by atoms with Crippen molar-refractivity contribution in [3.8, 4) is 0 Å². The quantitative estimate of drug-likeness (QED) is 0.0261. The van der Waals surface area contributed by atoms with E-state index in [2.05, 4.69) is 118 Å². The molecule has 0 saturated heterocycles. The summed E-state index contributed by atoms with van der Waals surface area (Å²) in [5, 5.41) is 0. The van der Waals surface area contributed by atoms with E-state index in [0.717, 1.165) is 96.3 Å². The Morgan fingerprint density at radius 1 is 0.256 bits per heavy atom. The highest BCUT2D eigenvalue weighted by molar-refractivity contribution is 5.71. The first-order chi connectivity index (χ1) is 40.5. The molecule has 0 heterocycles. The molecule has 0 aromatic carbocycles. The first kappa shape index (κ1) is 78.3. The smallest absolute Gasteiger partial charge is 0.306 e. The SMILES string of the molecule is CC/C=C\C/C=C\C/C=C\C/C=C\C/C=C\C/C=C\CCCCCCCCCCCCC(=O)OCC(COC(=O)CCCCCCCCC/C=C\CCCCCCCC)OC(=O)CCCCCCCCC/C=C\CCCCCCCCC. The molecule has 6 nitrogen and oxygen atoms in total. The summed E-state index contributed by atoms with van der Waals surface area (Å²) in [6.45, 7) is 6.55. The maximum absolute atomic E-state index is 13.0. The van der Waals surface area contributed by atoms with Crippen molar-refractivity contribution in [3.05, 3.63) is 97.2 Å². The van der Waals surface area contributed by atoms with E-state index < -0.39 is 6.10 Å². The predicted octanol–water partition coefficient (Wildman–Crippen LogP) is 24.4. The van der Waals surface area contributed by atoms with Gasteiger partial charge in [0.2, 0.25) is 0 Å². The largest absolute Gasteiger partial charge is 0.462 e.